The van der Waals surface area contributed by atoms with Crippen LogP contribution in [-0.4, -0.2) is 36.4 Å². The minimum absolute atomic E-state index is 0.0183. The molecule has 116 valence electrons. The Bertz CT molecular complexity index is 657. The molecule has 1 aromatic carbocycles. The van der Waals surface area contributed by atoms with E-state index in [1.165, 1.54) is 0 Å². The minimum atomic E-state index is -4.66. The van der Waals surface area contributed by atoms with Gasteiger partial charge >= 0.3 is 12.1 Å². The lowest BCUT2D eigenvalue weighted by molar-refractivity contribution is -0.141. The van der Waals surface area contributed by atoms with E-state index in [0.29, 0.717) is 12.5 Å². The highest BCUT2D eigenvalue weighted by molar-refractivity contribution is 7.89. The standard InChI is InChI=1S/C12H12F3NO4S/c13-12(14,15)8-3-1-4-9(7-8)21(19,20)16-6-2-5-10(16)11(17)18/h1,3-4,7,10H,2,5-6H2,(H,17,18). The van der Waals surface area contributed by atoms with Crippen molar-refractivity contribution in [3.63, 3.8) is 0 Å². The largest absolute Gasteiger partial charge is 0.480 e. The molecule has 0 saturated carbocycles. The molecule has 0 aromatic heterocycles. The smallest absolute Gasteiger partial charge is 0.416 e. The average molecular weight is 323 g/mol. The highest BCUT2D eigenvalue weighted by Gasteiger charge is 2.40. The fourth-order valence-electron chi connectivity index (χ4n) is 2.24. The summed E-state index contributed by atoms with van der Waals surface area (Å²) in [6.45, 7) is -0.0183. The first kappa shape index (κ1) is 15.8. The highest BCUT2D eigenvalue weighted by Crippen LogP contribution is 2.32. The van der Waals surface area contributed by atoms with Crippen LogP contribution in [-0.2, 0) is 21.0 Å². The predicted octanol–water partition coefficient (Wildman–Crippen LogP) is 1.94. The second-order valence-corrected chi connectivity index (χ2v) is 6.53. The van der Waals surface area contributed by atoms with Gasteiger partial charge in [-0.1, -0.05) is 6.07 Å². The molecule has 1 aliphatic rings. The van der Waals surface area contributed by atoms with Crippen LogP contribution in [0.5, 0.6) is 0 Å². The number of carbonyl (C=O) groups is 1. The van der Waals surface area contributed by atoms with Crippen molar-refractivity contribution in [3.05, 3.63) is 29.8 Å². The maximum absolute atomic E-state index is 12.6. The van der Waals surface area contributed by atoms with Gasteiger partial charge in [0.1, 0.15) is 6.04 Å². The second kappa shape index (κ2) is 5.30. The number of nitrogens with zero attached hydrogens (tertiary/aromatic N) is 1. The molecule has 0 aliphatic carbocycles. The van der Waals surface area contributed by atoms with Gasteiger partial charge in [-0.2, -0.15) is 17.5 Å². The van der Waals surface area contributed by atoms with Crippen LogP contribution in [0, 0.1) is 0 Å². The SMILES string of the molecule is O=C(O)C1CCCN1S(=O)(=O)c1cccc(C(F)(F)F)c1. The van der Waals surface area contributed by atoms with E-state index in [4.69, 9.17) is 5.11 Å². The third kappa shape index (κ3) is 3.03. The van der Waals surface area contributed by atoms with E-state index in [9.17, 15) is 26.4 Å². The summed E-state index contributed by atoms with van der Waals surface area (Å²) in [5.41, 5.74) is -1.09. The molecule has 1 aromatic rings. The number of halogens is 3. The third-order valence-electron chi connectivity index (χ3n) is 3.26. The van der Waals surface area contributed by atoms with Gasteiger partial charge in [0.15, 0.2) is 0 Å². The summed E-state index contributed by atoms with van der Waals surface area (Å²) >= 11 is 0. The number of benzene rings is 1. The van der Waals surface area contributed by atoms with Crippen molar-refractivity contribution < 1.29 is 31.5 Å². The minimum Gasteiger partial charge on any atom is -0.480 e. The van der Waals surface area contributed by atoms with Gasteiger partial charge in [-0.05, 0) is 31.0 Å². The van der Waals surface area contributed by atoms with Gasteiger partial charge in [-0.3, -0.25) is 4.79 Å². The summed E-state index contributed by atoms with van der Waals surface area (Å²) in [5, 5.41) is 8.99. The van der Waals surface area contributed by atoms with Gasteiger partial charge in [0.2, 0.25) is 10.0 Å². The van der Waals surface area contributed by atoms with Crippen LogP contribution in [0.1, 0.15) is 18.4 Å². The Labute approximate surface area is 119 Å². The Morgan fingerprint density at radius 1 is 1.33 bits per heavy atom. The summed E-state index contributed by atoms with van der Waals surface area (Å²) in [4.78, 5) is 10.5. The normalized spacial score (nSPS) is 20.6. The van der Waals surface area contributed by atoms with E-state index in [2.05, 4.69) is 0 Å². The molecule has 1 heterocycles. The van der Waals surface area contributed by atoms with Gasteiger partial charge < -0.3 is 5.11 Å². The average Bonchev–Trinajstić information content (AvgIpc) is 2.88. The molecule has 1 saturated heterocycles. The zero-order chi connectivity index (χ0) is 15.8. The number of hydrogen-bond acceptors (Lipinski definition) is 3. The van der Waals surface area contributed by atoms with E-state index in [1.54, 1.807) is 0 Å². The lowest BCUT2D eigenvalue weighted by Gasteiger charge is -2.21. The highest BCUT2D eigenvalue weighted by atomic mass is 32.2. The molecular weight excluding hydrogens is 311 g/mol. The van der Waals surface area contributed by atoms with E-state index < -0.39 is 38.7 Å². The van der Waals surface area contributed by atoms with Crippen molar-refractivity contribution in [3.8, 4) is 0 Å². The van der Waals surface area contributed by atoms with E-state index in [-0.39, 0.29) is 13.0 Å². The Morgan fingerprint density at radius 3 is 2.57 bits per heavy atom. The number of aliphatic carboxylic acids is 1. The molecule has 21 heavy (non-hydrogen) atoms. The van der Waals surface area contributed by atoms with E-state index >= 15 is 0 Å². The Morgan fingerprint density at radius 2 is 2.00 bits per heavy atom. The van der Waals surface area contributed by atoms with Crippen molar-refractivity contribution in [2.24, 2.45) is 0 Å². The molecular formula is C12H12F3NO4S. The Balaban J connectivity index is 2.43. The van der Waals surface area contributed by atoms with Crippen LogP contribution in [0.15, 0.2) is 29.2 Å². The Hall–Kier alpha value is -1.61. The van der Waals surface area contributed by atoms with Crippen LogP contribution < -0.4 is 0 Å². The number of rotatable bonds is 3. The molecule has 1 aliphatic heterocycles. The van der Waals surface area contributed by atoms with E-state index in [1.807, 2.05) is 0 Å². The molecule has 0 radical (unpaired) electrons. The molecule has 9 heteroatoms. The van der Waals surface area contributed by atoms with Crippen LogP contribution in [0.4, 0.5) is 13.2 Å². The summed E-state index contributed by atoms with van der Waals surface area (Å²) < 4.78 is 63.3. The first-order valence-electron chi connectivity index (χ1n) is 6.06. The van der Waals surface area contributed by atoms with Crippen molar-refractivity contribution in [2.45, 2.75) is 30.0 Å². The lowest BCUT2D eigenvalue weighted by atomic mass is 10.2. The molecule has 2 rings (SSSR count). The zero-order valence-electron chi connectivity index (χ0n) is 10.7. The molecule has 0 bridgehead atoms. The number of carboxylic acids is 1. The number of alkyl halides is 3. The third-order valence-corrected chi connectivity index (χ3v) is 5.16. The molecule has 0 spiro atoms. The summed E-state index contributed by atoms with van der Waals surface area (Å²) in [5.74, 6) is -1.30. The molecule has 1 unspecified atom stereocenters. The monoisotopic (exact) mass is 323 g/mol. The van der Waals surface area contributed by atoms with Gasteiger partial charge in [0.25, 0.3) is 0 Å². The molecule has 1 fully saturated rings. The fraction of sp³-hybridized carbons (Fsp3) is 0.417. The van der Waals surface area contributed by atoms with Crippen molar-refractivity contribution in [1.29, 1.82) is 0 Å². The van der Waals surface area contributed by atoms with Crippen molar-refractivity contribution in [2.75, 3.05) is 6.54 Å². The maximum atomic E-state index is 12.6. The summed E-state index contributed by atoms with van der Waals surface area (Å²) in [7, 11) is -4.26. The quantitative estimate of drug-likeness (QED) is 0.922. The first-order chi connectivity index (χ1) is 9.64. The van der Waals surface area contributed by atoms with Gasteiger partial charge in [0, 0.05) is 6.54 Å². The Kier molecular flexibility index (Phi) is 3.98. The number of carboxylic acid groups (broad SMARTS) is 1. The molecule has 5 nitrogen and oxygen atoms in total. The molecule has 0 amide bonds. The van der Waals surface area contributed by atoms with Crippen LogP contribution in [0.25, 0.3) is 0 Å². The first-order valence-corrected chi connectivity index (χ1v) is 7.50. The summed E-state index contributed by atoms with van der Waals surface area (Å²) in [6.07, 6.45) is -4.16. The van der Waals surface area contributed by atoms with Gasteiger partial charge in [-0.15, -0.1) is 0 Å². The molecule has 1 N–H and O–H groups in total. The van der Waals surface area contributed by atoms with Crippen LogP contribution in [0.2, 0.25) is 0 Å². The topological polar surface area (TPSA) is 74.7 Å². The lowest BCUT2D eigenvalue weighted by Crippen LogP contribution is -2.40. The number of hydrogen-bond donors (Lipinski definition) is 1. The molecule has 1 atom stereocenters. The van der Waals surface area contributed by atoms with Gasteiger partial charge in [0.05, 0.1) is 10.5 Å². The summed E-state index contributed by atoms with van der Waals surface area (Å²) in [6, 6.07) is 2.07. The van der Waals surface area contributed by atoms with E-state index in [0.717, 1.165) is 22.5 Å². The van der Waals surface area contributed by atoms with Gasteiger partial charge in [-0.25, -0.2) is 8.42 Å². The zero-order valence-corrected chi connectivity index (χ0v) is 11.5. The second-order valence-electron chi connectivity index (χ2n) is 4.64. The maximum Gasteiger partial charge on any atom is 0.416 e. The van der Waals surface area contributed by atoms with Crippen molar-refractivity contribution in [1.82, 2.24) is 4.31 Å². The van der Waals surface area contributed by atoms with Crippen LogP contribution in [0.3, 0.4) is 0 Å². The predicted molar refractivity (Wildman–Crippen MR) is 66.0 cm³/mol. The number of sulfonamides is 1. The van der Waals surface area contributed by atoms with Crippen molar-refractivity contribution >= 4 is 16.0 Å². The fourth-order valence-corrected chi connectivity index (χ4v) is 3.94. The van der Waals surface area contributed by atoms with Crippen LogP contribution >= 0.6 is 0 Å².